The summed E-state index contributed by atoms with van der Waals surface area (Å²) in [6, 6.07) is 3.61. The number of rotatable bonds is 4. The Bertz CT molecular complexity index is 593. The van der Waals surface area contributed by atoms with Crippen molar-refractivity contribution < 1.29 is 23.8 Å². The maximum atomic E-state index is 13.3. The van der Waals surface area contributed by atoms with Crippen LogP contribution in [0.2, 0.25) is 0 Å². The molecule has 0 saturated carbocycles. The van der Waals surface area contributed by atoms with Crippen LogP contribution in [0.4, 0.5) is 9.18 Å². The number of nitrogens with zero attached hydrogens (tertiary/aromatic N) is 1. The molecule has 0 fully saturated rings. The molecule has 1 aromatic rings. The first-order valence-electron chi connectivity index (χ1n) is 7.55. The van der Waals surface area contributed by atoms with E-state index in [2.05, 4.69) is 5.32 Å². The topological polar surface area (TPSA) is 78.9 Å². The molecule has 1 aliphatic heterocycles. The molecule has 1 aliphatic rings. The molecule has 0 spiro atoms. The van der Waals surface area contributed by atoms with E-state index >= 15 is 0 Å². The summed E-state index contributed by atoms with van der Waals surface area (Å²) in [4.78, 5) is 24.5. The molecular weight excluding hydrogens is 303 g/mol. The number of carbonyl (C=O) groups excluding carboxylic acids is 1. The Kier molecular flexibility index (Phi) is 5.41. The number of fused-ring (bicyclic) bond motifs is 1. The number of halogens is 1. The molecule has 2 rings (SSSR count). The van der Waals surface area contributed by atoms with Gasteiger partial charge in [0.25, 0.3) is 0 Å². The molecule has 0 saturated heterocycles. The number of nitrogens with one attached hydrogen (secondary N) is 1. The standard InChI is InChI=1S/C16H21FN2O4/c1-10(15(20)21)9-19(2)16(22)18-13-4-3-7-23-14-8-11(17)5-6-12(13)14/h5-6,8,10,13H,3-4,7,9H2,1-2H3,(H,18,22)(H,20,21). The van der Waals surface area contributed by atoms with E-state index in [1.807, 2.05) is 0 Å². The monoisotopic (exact) mass is 324 g/mol. The van der Waals surface area contributed by atoms with Crippen molar-refractivity contribution in [2.45, 2.75) is 25.8 Å². The summed E-state index contributed by atoms with van der Waals surface area (Å²) in [6.45, 7) is 2.12. The lowest BCUT2D eigenvalue weighted by atomic mass is 10.0. The number of hydrogen-bond acceptors (Lipinski definition) is 3. The lowest BCUT2D eigenvalue weighted by molar-refractivity contribution is -0.141. The number of urea groups is 1. The van der Waals surface area contributed by atoms with Crippen molar-refractivity contribution in [2.24, 2.45) is 5.92 Å². The van der Waals surface area contributed by atoms with Crippen LogP contribution >= 0.6 is 0 Å². The highest BCUT2D eigenvalue weighted by atomic mass is 19.1. The summed E-state index contributed by atoms with van der Waals surface area (Å²) < 4.78 is 18.8. The van der Waals surface area contributed by atoms with Gasteiger partial charge in [-0.1, -0.05) is 13.0 Å². The van der Waals surface area contributed by atoms with E-state index in [9.17, 15) is 14.0 Å². The second-order valence-corrected chi connectivity index (χ2v) is 5.79. The zero-order valence-corrected chi connectivity index (χ0v) is 13.2. The Hall–Kier alpha value is -2.31. The van der Waals surface area contributed by atoms with Crippen LogP contribution in [0.1, 0.15) is 31.4 Å². The highest BCUT2D eigenvalue weighted by molar-refractivity contribution is 5.76. The second kappa shape index (κ2) is 7.30. The van der Waals surface area contributed by atoms with Crippen molar-refractivity contribution >= 4 is 12.0 Å². The number of carbonyl (C=O) groups is 2. The largest absolute Gasteiger partial charge is 0.493 e. The third-order valence-corrected chi connectivity index (χ3v) is 3.86. The van der Waals surface area contributed by atoms with Gasteiger partial charge < -0.3 is 20.1 Å². The highest BCUT2D eigenvalue weighted by Gasteiger charge is 2.24. The molecule has 126 valence electrons. The van der Waals surface area contributed by atoms with Crippen molar-refractivity contribution in [1.29, 1.82) is 0 Å². The van der Waals surface area contributed by atoms with Gasteiger partial charge >= 0.3 is 12.0 Å². The Morgan fingerprint density at radius 1 is 1.52 bits per heavy atom. The molecule has 23 heavy (non-hydrogen) atoms. The molecular formula is C16H21FN2O4. The third-order valence-electron chi connectivity index (χ3n) is 3.86. The molecule has 0 radical (unpaired) electrons. The van der Waals surface area contributed by atoms with Crippen LogP contribution < -0.4 is 10.1 Å². The fourth-order valence-electron chi connectivity index (χ4n) is 2.53. The van der Waals surface area contributed by atoms with Crippen molar-refractivity contribution in [3.05, 3.63) is 29.6 Å². The van der Waals surface area contributed by atoms with Crippen molar-refractivity contribution in [2.75, 3.05) is 20.2 Å². The predicted octanol–water partition coefficient (Wildman–Crippen LogP) is 2.40. The minimum absolute atomic E-state index is 0.112. The number of benzene rings is 1. The Balaban J connectivity index is 2.07. The van der Waals surface area contributed by atoms with E-state index < -0.39 is 11.9 Å². The Morgan fingerprint density at radius 3 is 2.96 bits per heavy atom. The van der Waals surface area contributed by atoms with Gasteiger partial charge in [-0.2, -0.15) is 0 Å². The molecule has 0 aliphatic carbocycles. The number of aliphatic carboxylic acids is 1. The summed E-state index contributed by atoms with van der Waals surface area (Å²) in [5.74, 6) is -1.55. The van der Waals surface area contributed by atoms with E-state index in [1.165, 1.54) is 17.0 Å². The summed E-state index contributed by atoms with van der Waals surface area (Å²) in [7, 11) is 1.55. The highest BCUT2D eigenvalue weighted by Crippen LogP contribution is 2.32. The number of amides is 2. The lowest BCUT2D eigenvalue weighted by Gasteiger charge is -2.24. The quantitative estimate of drug-likeness (QED) is 0.891. The van der Waals surface area contributed by atoms with Gasteiger partial charge in [-0.25, -0.2) is 9.18 Å². The fourth-order valence-corrected chi connectivity index (χ4v) is 2.53. The first-order valence-corrected chi connectivity index (χ1v) is 7.55. The minimum atomic E-state index is -0.951. The molecule has 2 N–H and O–H groups in total. The van der Waals surface area contributed by atoms with Gasteiger partial charge in [-0.3, -0.25) is 4.79 Å². The zero-order chi connectivity index (χ0) is 17.0. The summed E-state index contributed by atoms with van der Waals surface area (Å²) >= 11 is 0. The first-order chi connectivity index (χ1) is 10.9. The maximum absolute atomic E-state index is 13.3. The predicted molar refractivity (Wildman–Crippen MR) is 81.8 cm³/mol. The van der Waals surface area contributed by atoms with Crippen molar-refractivity contribution in [1.82, 2.24) is 10.2 Å². The molecule has 0 aromatic heterocycles. The normalized spacial score (nSPS) is 18.1. The van der Waals surface area contributed by atoms with Crippen LogP contribution in [0, 0.1) is 11.7 Å². The average Bonchev–Trinajstić information content (AvgIpc) is 2.68. The zero-order valence-electron chi connectivity index (χ0n) is 13.2. The van der Waals surface area contributed by atoms with Gasteiger partial charge in [0.1, 0.15) is 11.6 Å². The van der Waals surface area contributed by atoms with Gasteiger partial charge in [0, 0.05) is 25.2 Å². The van der Waals surface area contributed by atoms with E-state index in [4.69, 9.17) is 9.84 Å². The maximum Gasteiger partial charge on any atom is 0.317 e. The molecule has 2 atom stereocenters. The van der Waals surface area contributed by atoms with E-state index in [-0.39, 0.29) is 24.4 Å². The van der Waals surface area contributed by atoms with Crippen LogP contribution in [-0.2, 0) is 4.79 Å². The summed E-state index contributed by atoms with van der Waals surface area (Å²) in [5, 5.41) is 11.8. The van der Waals surface area contributed by atoms with Crippen LogP contribution in [0.5, 0.6) is 5.75 Å². The number of carboxylic acids is 1. The molecule has 7 heteroatoms. The van der Waals surface area contributed by atoms with Gasteiger partial charge in [-0.05, 0) is 18.9 Å². The average molecular weight is 324 g/mol. The van der Waals surface area contributed by atoms with E-state index in [0.29, 0.717) is 18.8 Å². The van der Waals surface area contributed by atoms with Crippen LogP contribution in [0.3, 0.4) is 0 Å². The number of carboxylic acid groups (broad SMARTS) is 1. The van der Waals surface area contributed by atoms with Gasteiger partial charge in [0.15, 0.2) is 0 Å². The Morgan fingerprint density at radius 2 is 2.26 bits per heavy atom. The third kappa shape index (κ3) is 4.34. The molecule has 6 nitrogen and oxygen atoms in total. The van der Waals surface area contributed by atoms with Crippen molar-refractivity contribution in [3.8, 4) is 5.75 Å². The molecule has 1 aromatic carbocycles. The molecule has 0 bridgehead atoms. The molecule has 2 unspecified atom stereocenters. The Labute approximate surface area is 134 Å². The van der Waals surface area contributed by atoms with Crippen LogP contribution in [0.25, 0.3) is 0 Å². The number of hydrogen-bond donors (Lipinski definition) is 2. The van der Waals surface area contributed by atoms with E-state index in [1.54, 1.807) is 20.0 Å². The van der Waals surface area contributed by atoms with Crippen molar-refractivity contribution in [3.63, 3.8) is 0 Å². The number of ether oxygens (including phenoxy) is 1. The molecule has 1 heterocycles. The summed E-state index contributed by atoms with van der Waals surface area (Å²) in [5.41, 5.74) is 0.733. The van der Waals surface area contributed by atoms with E-state index in [0.717, 1.165) is 12.0 Å². The first kappa shape index (κ1) is 17.1. The smallest absolute Gasteiger partial charge is 0.317 e. The SMILES string of the molecule is CC(CN(C)C(=O)NC1CCCOc2cc(F)ccc21)C(=O)O. The lowest BCUT2D eigenvalue weighted by Crippen LogP contribution is -2.42. The fraction of sp³-hybridized carbons (Fsp3) is 0.500. The summed E-state index contributed by atoms with van der Waals surface area (Å²) in [6.07, 6.45) is 1.41. The second-order valence-electron chi connectivity index (χ2n) is 5.79. The van der Waals surface area contributed by atoms with Gasteiger partial charge in [0.05, 0.1) is 18.6 Å². The van der Waals surface area contributed by atoms with Crippen LogP contribution in [0.15, 0.2) is 18.2 Å². The van der Waals surface area contributed by atoms with Gasteiger partial charge in [-0.15, -0.1) is 0 Å². The van der Waals surface area contributed by atoms with Crippen LogP contribution in [-0.4, -0.2) is 42.2 Å². The molecule has 2 amide bonds. The van der Waals surface area contributed by atoms with Gasteiger partial charge in [0.2, 0.25) is 0 Å². The minimum Gasteiger partial charge on any atom is -0.493 e.